The van der Waals surface area contributed by atoms with Gasteiger partial charge in [0.05, 0.1) is 5.69 Å². The molecule has 1 aromatic heterocycles. The molecule has 0 spiro atoms. The number of hydrogen-bond donors (Lipinski definition) is 1. The van der Waals surface area contributed by atoms with E-state index in [0.29, 0.717) is 12.5 Å². The molecule has 3 aromatic rings. The van der Waals surface area contributed by atoms with Gasteiger partial charge in [0.2, 0.25) is 0 Å². The Balaban J connectivity index is 1.40. The van der Waals surface area contributed by atoms with E-state index >= 15 is 0 Å². The van der Waals surface area contributed by atoms with E-state index in [1.165, 1.54) is 11.1 Å². The van der Waals surface area contributed by atoms with Gasteiger partial charge in [0.1, 0.15) is 11.6 Å². The van der Waals surface area contributed by atoms with Gasteiger partial charge in [-0.15, -0.1) is 0 Å². The first kappa shape index (κ1) is 20.9. The second kappa shape index (κ2) is 10.1. The van der Waals surface area contributed by atoms with E-state index in [9.17, 15) is 4.79 Å². The minimum atomic E-state index is 0.00815. The van der Waals surface area contributed by atoms with Crippen molar-refractivity contribution < 1.29 is 9.53 Å². The summed E-state index contributed by atoms with van der Waals surface area (Å²) in [4.78, 5) is 18.6. The normalized spacial score (nSPS) is 14.0. The van der Waals surface area contributed by atoms with Crippen LogP contribution in [-0.2, 0) is 11.2 Å². The Kier molecular flexibility index (Phi) is 6.82. The Bertz CT molecular complexity index is 992. The highest BCUT2D eigenvalue weighted by Gasteiger charge is 2.25. The van der Waals surface area contributed by atoms with E-state index in [-0.39, 0.29) is 12.5 Å². The van der Waals surface area contributed by atoms with Crippen LogP contribution in [0.3, 0.4) is 0 Å². The van der Waals surface area contributed by atoms with Crippen LogP contribution in [0, 0.1) is 0 Å². The molecule has 160 valence electrons. The van der Waals surface area contributed by atoms with Crippen molar-refractivity contribution in [2.45, 2.75) is 32.1 Å². The van der Waals surface area contributed by atoms with Crippen molar-refractivity contribution in [3.63, 3.8) is 0 Å². The fourth-order valence-electron chi connectivity index (χ4n) is 4.05. The van der Waals surface area contributed by atoms with Gasteiger partial charge in [-0.25, -0.2) is 4.98 Å². The van der Waals surface area contributed by atoms with Crippen LogP contribution in [0.15, 0.2) is 72.9 Å². The fraction of sp³-hybridized carbons (Fsp3) is 0.308. The zero-order valence-corrected chi connectivity index (χ0v) is 18.0. The van der Waals surface area contributed by atoms with E-state index in [1.54, 1.807) is 6.20 Å². The summed E-state index contributed by atoms with van der Waals surface area (Å²) >= 11 is 0. The summed E-state index contributed by atoms with van der Waals surface area (Å²) in [7, 11) is 0. The monoisotopic (exact) mass is 415 g/mol. The number of pyridine rings is 1. The van der Waals surface area contributed by atoms with Gasteiger partial charge in [-0.2, -0.15) is 0 Å². The number of amides is 1. The lowest BCUT2D eigenvalue weighted by Gasteiger charge is -2.30. The first-order chi connectivity index (χ1) is 15.2. The molecule has 2 heterocycles. The molecule has 4 rings (SSSR count). The highest BCUT2D eigenvalue weighted by molar-refractivity contribution is 5.97. The summed E-state index contributed by atoms with van der Waals surface area (Å²) in [5.74, 6) is 2.13. The van der Waals surface area contributed by atoms with E-state index in [0.717, 1.165) is 43.1 Å². The largest absolute Gasteiger partial charge is 0.482 e. The number of hydrogen-bond acceptors (Lipinski definition) is 4. The maximum atomic E-state index is 12.5. The lowest BCUT2D eigenvalue weighted by atomic mass is 9.90. The summed E-state index contributed by atoms with van der Waals surface area (Å²) in [5, 5.41) is 3.30. The average Bonchev–Trinajstić information content (AvgIpc) is 2.82. The molecule has 1 N–H and O–H groups in total. The van der Waals surface area contributed by atoms with E-state index in [2.05, 4.69) is 59.7 Å². The Morgan fingerprint density at radius 1 is 1.10 bits per heavy atom. The van der Waals surface area contributed by atoms with E-state index in [4.69, 9.17) is 4.74 Å². The molecule has 5 heteroatoms. The average molecular weight is 416 g/mol. The molecule has 0 saturated carbocycles. The SMILES string of the molecule is CCC(Cc1ccc2c(c1)OCC(=O)N2CCCNc1ccccn1)c1ccccc1. The zero-order valence-electron chi connectivity index (χ0n) is 18.0. The first-order valence-electron chi connectivity index (χ1n) is 11.0. The molecule has 31 heavy (non-hydrogen) atoms. The van der Waals surface area contributed by atoms with Gasteiger partial charge >= 0.3 is 0 Å². The quantitative estimate of drug-likeness (QED) is 0.497. The van der Waals surface area contributed by atoms with Crippen LogP contribution in [0.1, 0.15) is 36.8 Å². The lowest BCUT2D eigenvalue weighted by molar-refractivity contribution is -0.121. The number of aromatic nitrogens is 1. The van der Waals surface area contributed by atoms with Crippen molar-refractivity contribution in [3.05, 3.63) is 84.1 Å². The molecule has 0 fully saturated rings. The summed E-state index contributed by atoms with van der Waals surface area (Å²) in [6, 6.07) is 22.7. The first-order valence-corrected chi connectivity index (χ1v) is 11.0. The maximum absolute atomic E-state index is 12.5. The van der Waals surface area contributed by atoms with E-state index < -0.39 is 0 Å². The molecule has 1 atom stereocenters. The van der Waals surface area contributed by atoms with Crippen molar-refractivity contribution in [1.29, 1.82) is 0 Å². The fourth-order valence-corrected chi connectivity index (χ4v) is 4.05. The number of fused-ring (bicyclic) bond motifs is 1. The van der Waals surface area contributed by atoms with Crippen LogP contribution >= 0.6 is 0 Å². The molecule has 1 aliphatic rings. The molecule has 0 saturated heterocycles. The van der Waals surface area contributed by atoms with Crippen molar-refractivity contribution in [2.75, 3.05) is 29.9 Å². The number of carbonyl (C=O) groups is 1. The molecular weight excluding hydrogens is 386 g/mol. The van der Waals surface area contributed by atoms with Gasteiger partial charge in [-0.05, 0) is 60.6 Å². The number of ether oxygens (including phenoxy) is 1. The summed E-state index contributed by atoms with van der Waals surface area (Å²) in [6.07, 6.45) is 4.63. The number of nitrogens with one attached hydrogen (secondary N) is 1. The smallest absolute Gasteiger partial charge is 0.265 e. The highest BCUT2D eigenvalue weighted by Crippen LogP contribution is 2.35. The molecule has 1 unspecified atom stereocenters. The van der Waals surface area contributed by atoms with Gasteiger partial charge in [0.25, 0.3) is 5.91 Å². The zero-order chi connectivity index (χ0) is 21.5. The van der Waals surface area contributed by atoms with Crippen LogP contribution < -0.4 is 15.0 Å². The molecule has 0 bridgehead atoms. The van der Waals surface area contributed by atoms with Crippen molar-refractivity contribution in [1.82, 2.24) is 4.98 Å². The molecule has 1 aliphatic heterocycles. The van der Waals surface area contributed by atoms with Crippen LogP contribution in [0.25, 0.3) is 0 Å². The third kappa shape index (κ3) is 5.23. The Hall–Kier alpha value is -3.34. The van der Waals surface area contributed by atoms with Crippen LogP contribution in [-0.4, -0.2) is 30.6 Å². The van der Waals surface area contributed by atoms with Crippen molar-refractivity contribution in [2.24, 2.45) is 0 Å². The molecule has 1 amide bonds. The van der Waals surface area contributed by atoms with Crippen molar-refractivity contribution >= 4 is 17.4 Å². The van der Waals surface area contributed by atoms with Crippen LogP contribution in [0.2, 0.25) is 0 Å². The number of rotatable bonds is 9. The predicted octanol–water partition coefficient (Wildman–Crippen LogP) is 5.05. The van der Waals surface area contributed by atoms with Gasteiger partial charge in [0, 0.05) is 19.3 Å². The Morgan fingerprint density at radius 2 is 1.94 bits per heavy atom. The third-order valence-corrected chi connectivity index (χ3v) is 5.74. The van der Waals surface area contributed by atoms with Crippen LogP contribution in [0.5, 0.6) is 5.75 Å². The molecule has 5 nitrogen and oxygen atoms in total. The molecule has 2 aromatic carbocycles. The van der Waals surface area contributed by atoms with Gasteiger partial charge in [0.15, 0.2) is 6.61 Å². The summed E-state index contributed by atoms with van der Waals surface area (Å²) in [5.41, 5.74) is 3.46. The number of benzene rings is 2. The second-order valence-electron chi connectivity index (χ2n) is 7.85. The minimum absolute atomic E-state index is 0.00815. The van der Waals surface area contributed by atoms with Gasteiger partial charge in [-0.1, -0.05) is 49.4 Å². The highest BCUT2D eigenvalue weighted by atomic mass is 16.5. The predicted molar refractivity (Wildman–Crippen MR) is 125 cm³/mol. The maximum Gasteiger partial charge on any atom is 0.265 e. The van der Waals surface area contributed by atoms with Gasteiger partial charge < -0.3 is 15.0 Å². The Labute approximate surface area is 184 Å². The minimum Gasteiger partial charge on any atom is -0.482 e. The topological polar surface area (TPSA) is 54.5 Å². The van der Waals surface area contributed by atoms with Crippen LogP contribution in [0.4, 0.5) is 11.5 Å². The number of carbonyl (C=O) groups excluding carboxylic acids is 1. The molecule has 0 radical (unpaired) electrons. The van der Waals surface area contributed by atoms with Crippen molar-refractivity contribution in [3.8, 4) is 5.75 Å². The molecule has 0 aliphatic carbocycles. The van der Waals surface area contributed by atoms with E-state index in [1.807, 2.05) is 29.2 Å². The lowest BCUT2D eigenvalue weighted by Crippen LogP contribution is -2.40. The third-order valence-electron chi connectivity index (χ3n) is 5.74. The second-order valence-corrected chi connectivity index (χ2v) is 7.85. The molecular formula is C26H29N3O2. The standard InChI is InChI=1S/C26H29N3O2/c1-2-21(22-9-4-3-5-10-22)17-20-12-13-23-24(18-20)31-19-26(30)29(23)16-8-15-28-25-11-6-7-14-27-25/h3-7,9-14,18,21H,2,8,15-17,19H2,1H3,(H,27,28). The Morgan fingerprint density at radius 3 is 2.71 bits per heavy atom. The number of anilines is 2. The van der Waals surface area contributed by atoms with Gasteiger partial charge in [-0.3, -0.25) is 4.79 Å². The number of nitrogens with zero attached hydrogens (tertiary/aromatic N) is 2. The summed E-state index contributed by atoms with van der Waals surface area (Å²) in [6.45, 7) is 3.73. The summed E-state index contributed by atoms with van der Waals surface area (Å²) < 4.78 is 5.79.